The molecule has 3 nitrogen and oxygen atoms in total. The summed E-state index contributed by atoms with van der Waals surface area (Å²) in [4.78, 5) is 10.4. The van der Waals surface area contributed by atoms with Crippen LogP contribution in [0.4, 0.5) is 0 Å². The molecule has 0 aromatic carbocycles. The van der Waals surface area contributed by atoms with Crippen LogP contribution in [0.25, 0.3) is 0 Å². The first kappa shape index (κ1) is 8.01. The van der Waals surface area contributed by atoms with Gasteiger partial charge in [0.15, 0.2) is 6.20 Å². The highest BCUT2D eigenvalue weighted by Gasteiger charge is 2.16. The molecule has 0 radical (unpaired) electrons. The zero-order chi connectivity index (χ0) is 8.43. The highest BCUT2D eigenvalue weighted by Crippen LogP contribution is 1.97. The van der Waals surface area contributed by atoms with Gasteiger partial charge < -0.3 is 5.11 Å². The molecule has 58 valence electrons. The van der Waals surface area contributed by atoms with E-state index in [1.54, 1.807) is 12.3 Å². The molecule has 1 aromatic heterocycles. The molecule has 11 heavy (non-hydrogen) atoms. The molecule has 0 fully saturated rings. The molecule has 1 rings (SSSR count). The van der Waals surface area contributed by atoms with E-state index >= 15 is 0 Å². The second-order valence-electron chi connectivity index (χ2n) is 2.21. The second-order valence-corrected chi connectivity index (χ2v) is 2.57. The van der Waals surface area contributed by atoms with Gasteiger partial charge in [0.25, 0.3) is 11.8 Å². The zero-order valence-corrected chi connectivity index (χ0v) is 6.67. The van der Waals surface area contributed by atoms with E-state index in [1.807, 2.05) is 6.92 Å². The molecule has 0 saturated heterocycles. The molecule has 1 N–H and O–H groups in total. The molecule has 0 atom stereocenters. The summed E-state index contributed by atoms with van der Waals surface area (Å²) in [6.07, 6.45) is 1.55. The van der Waals surface area contributed by atoms with Crippen LogP contribution >= 0.6 is 11.8 Å². The molecule has 0 aliphatic heterocycles. The smallest absolute Gasteiger partial charge is 0.403 e. The van der Waals surface area contributed by atoms with Crippen molar-refractivity contribution in [1.29, 1.82) is 0 Å². The maximum Gasteiger partial charge on any atom is 0.403 e. The van der Waals surface area contributed by atoms with E-state index < -0.39 is 5.97 Å². The van der Waals surface area contributed by atoms with Crippen molar-refractivity contribution in [3.8, 4) is 0 Å². The summed E-state index contributed by atoms with van der Waals surface area (Å²) < 4.78 is 1.07. The number of halogens is 1. The Labute approximate surface area is 69.0 Å². The lowest BCUT2D eigenvalue weighted by molar-refractivity contribution is -0.523. The molecule has 0 aliphatic rings. The summed E-state index contributed by atoms with van der Waals surface area (Å²) in [5.41, 5.74) is 0.988. The van der Waals surface area contributed by atoms with Crippen molar-refractivity contribution < 1.29 is 14.0 Å². The number of hydrogen-bond donors (Lipinski definition) is 1. The Balaban J connectivity index is 3.20. The summed E-state index contributed by atoms with van der Waals surface area (Å²) in [5.74, 6) is -1.03. The van der Waals surface area contributed by atoms with Crippen LogP contribution in [-0.2, 0) is 0 Å². The van der Waals surface area contributed by atoms with Gasteiger partial charge in [0.05, 0.1) is 0 Å². The van der Waals surface area contributed by atoms with Gasteiger partial charge in [-0.15, -0.1) is 0 Å². The Kier molecular flexibility index (Phi) is 2.10. The van der Waals surface area contributed by atoms with Crippen molar-refractivity contribution in [2.75, 3.05) is 0 Å². The second kappa shape index (κ2) is 2.88. The summed E-state index contributed by atoms with van der Waals surface area (Å²) >= 11 is 5.56. The Morgan fingerprint density at radius 3 is 2.73 bits per heavy atom. The summed E-state index contributed by atoms with van der Waals surface area (Å²) in [6, 6.07) is 3.16. The standard InChI is InChI=1S/C7H6ClNO2/c1-5-2-3-6(7(10)11)9(8)4-5/h2-4H,1H3/p+1. The monoisotopic (exact) mass is 172 g/mol. The first-order valence-corrected chi connectivity index (χ1v) is 3.37. The number of aryl methyl sites for hydroxylation is 1. The molecule has 4 heteroatoms. The fraction of sp³-hybridized carbons (Fsp3) is 0.143. The SMILES string of the molecule is Cc1ccc(C(=O)O)[n+](Cl)c1. The predicted octanol–water partition coefficient (Wildman–Crippen LogP) is 0.983. The van der Waals surface area contributed by atoms with E-state index in [1.165, 1.54) is 6.07 Å². The van der Waals surface area contributed by atoms with Gasteiger partial charge in [-0.25, -0.2) is 4.79 Å². The van der Waals surface area contributed by atoms with Gasteiger partial charge in [-0.05, 0) is 13.0 Å². The van der Waals surface area contributed by atoms with Crippen molar-refractivity contribution in [3.63, 3.8) is 0 Å². The fourth-order valence-electron chi connectivity index (χ4n) is 0.736. The van der Waals surface area contributed by atoms with Crippen LogP contribution in [0, 0.1) is 6.92 Å². The first-order chi connectivity index (χ1) is 5.11. The highest BCUT2D eigenvalue weighted by molar-refractivity contribution is 6.05. The lowest BCUT2D eigenvalue weighted by Gasteiger charge is -1.90. The summed E-state index contributed by atoms with van der Waals surface area (Å²) in [7, 11) is 0. The molecule has 0 spiro atoms. The van der Waals surface area contributed by atoms with Gasteiger partial charge in [-0.1, -0.05) is 4.09 Å². The molecule has 0 bridgehead atoms. The summed E-state index contributed by atoms with van der Waals surface area (Å²) in [6.45, 7) is 1.84. The summed E-state index contributed by atoms with van der Waals surface area (Å²) in [5, 5.41) is 8.55. The molecule has 0 saturated carbocycles. The molecule has 1 aromatic rings. The number of carboxylic acids is 1. The number of aromatic carboxylic acids is 1. The van der Waals surface area contributed by atoms with E-state index in [0.29, 0.717) is 0 Å². The third-order valence-electron chi connectivity index (χ3n) is 1.27. The number of carbonyl (C=O) groups is 1. The van der Waals surface area contributed by atoms with Crippen molar-refractivity contribution in [3.05, 3.63) is 29.6 Å². The van der Waals surface area contributed by atoms with E-state index in [-0.39, 0.29) is 5.69 Å². The van der Waals surface area contributed by atoms with E-state index in [2.05, 4.69) is 0 Å². The van der Waals surface area contributed by atoms with Crippen molar-refractivity contribution in [1.82, 2.24) is 0 Å². The van der Waals surface area contributed by atoms with Gasteiger partial charge in [0.2, 0.25) is 0 Å². The van der Waals surface area contributed by atoms with E-state index in [4.69, 9.17) is 16.9 Å². The number of carboxylic acid groups (broad SMARTS) is 1. The van der Waals surface area contributed by atoms with E-state index in [0.717, 1.165) is 9.65 Å². The topological polar surface area (TPSA) is 41.2 Å². The Morgan fingerprint density at radius 1 is 1.64 bits per heavy atom. The molecule has 0 amide bonds. The average Bonchev–Trinajstić information content (AvgIpc) is 1.85. The maximum atomic E-state index is 10.4. The normalized spacial score (nSPS) is 9.64. The van der Waals surface area contributed by atoms with Crippen LogP contribution in [0.1, 0.15) is 16.1 Å². The van der Waals surface area contributed by atoms with Gasteiger partial charge in [0.1, 0.15) is 0 Å². The molecule has 0 aliphatic carbocycles. The van der Waals surface area contributed by atoms with Crippen LogP contribution in [-0.4, -0.2) is 11.1 Å². The first-order valence-electron chi connectivity index (χ1n) is 3.03. The van der Waals surface area contributed by atoms with Crippen LogP contribution in [0.3, 0.4) is 0 Å². The quantitative estimate of drug-likeness (QED) is 0.686. The van der Waals surface area contributed by atoms with Gasteiger partial charge >= 0.3 is 11.7 Å². The largest absolute Gasteiger partial charge is 0.473 e. The van der Waals surface area contributed by atoms with Crippen LogP contribution < -0.4 is 4.09 Å². The maximum absolute atomic E-state index is 10.4. The molecule has 0 unspecified atom stereocenters. The van der Waals surface area contributed by atoms with E-state index in [9.17, 15) is 4.79 Å². The fourth-order valence-corrected chi connectivity index (χ4v) is 1.02. The third kappa shape index (κ3) is 1.68. The molecule has 1 heterocycles. The number of hydrogen-bond acceptors (Lipinski definition) is 1. The van der Waals surface area contributed by atoms with Crippen molar-refractivity contribution >= 4 is 17.7 Å². The minimum Gasteiger partial charge on any atom is -0.473 e. The van der Waals surface area contributed by atoms with Crippen molar-refractivity contribution in [2.24, 2.45) is 0 Å². The average molecular weight is 173 g/mol. The zero-order valence-electron chi connectivity index (χ0n) is 5.91. The predicted molar refractivity (Wildman–Crippen MR) is 39.6 cm³/mol. The number of pyridine rings is 1. The van der Waals surface area contributed by atoms with Crippen LogP contribution in [0.15, 0.2) is 18.3 Å². The van der Waals surface area contributed by atoms with Gasteiger partial charge in [0, 0.05) is 11.6 Å². The minimum atomic E-state index is -1.03. The lowest BCUT2D eigenvalue weighted by atomic mass is 10.3. The van der Waals surface area contributed by atoms with Crippen LogP contribution in [0.5, 0.6) is 0 Å². The lowest BCUT2D eigenvalue weighted by Crippen LogP contribution is -2.29. The Bertz CT molecular complexity index is 298. The minimum absolute atomic E-state index is 0.0669. The third-order valence-corrected chi connectivity index (χ3v) is 1.55. The number of rotatable bonds is 1. The van der Waals surface area contributed by atoms with Gasteiger partial charge in [-0.2, -0.15) is 0 Å². The van der Waals surface area contributed by atoms with Gasteiger partial charge in [-0.3, -0.25) is 0 Å². The van der Waals surface area contributed by atoms with Crippen molar-refractivity contribution in [2.45, 2.75) is 6.92 Å². The highest BCUT2D eigenvalue weighted by atomic mass is 35.5. The number of nitrogens with zero attached hydrogens (tertiary/aromatic N) is 1. The van der Waals surface area contributed by atoms with Crippen LogP contribution in [0.2, 0.25) is 0 Å². The molecular formula is C7H7ClNO2+. The molecular weight excluding hydrogens is 166 g/mol. The Hall–Kier alpha value is -1.09. The Morgan fingerprint density at radius 2 is 2.27 bits per heavy atom. The number of aromatic nitrogens is 1.